The molecule has 0 aromatic heterocycles. The highest BCUT2D eigenvalue weighted by Gasteiger charge is 2.18. The summed E-state index contributed by atoms with van der Waals surface area (Å²) in [6.45, 7) is 0.252. The van der Waals surface area contributed by atoms with Crippen molar-refractivity contribution in [1.82, 2.24) is 0 Å². The fraction of sp³-hybridized carbons (Fsp3) is 0.455. The average molecular weight is 295 g/mol. The second kappa shape index (κ2) is 6.26. The number of hydrogen-bond donors (Lipinski definition) is 0. The molecule has 0 bridgehead atoms. The predicted octanol–water partition coefficient (Wildman–Crippen LogP) is 1.92. The summed E-state index contributed by atoms with van der Waals surface area (Å²) < 4.78 is 37.8. The van der Waals surface area contributed by atoms with Crippen LogP contribution >= 0.6 is 10.7 Å². The van der Waals surface area contributed by atoms with Crippen LogP contribution in [-0.4, -0.2) is 29.7 Å². The maximum Gasteiger partial charge on any atom is 0.236 e. The Kier molecular flexibility index (Phi) is 5.25. The van der Waals surface area contributed by atoms with Crippen LogP contribution in [0.5, 0.6) is 11.5 Å². The number of rotatable bonds is 6. The number of halogens is 1. The molecule has 1 aromatic carbocycles. The molecule has 1 rings (SSSR count). The van der Waals surface area contributed by atoms with E-state index in [2.05, 4.69) is 0 Å². The van der Waals surface area contributed by atoms with Gasteiger partial charge in [-0.3, -0.25) is 0 Å². The van der Waals surface area contributed by atoms with E-state index in [1.54, 1.807) is 12.1 Å². The standard InChI is InChI=1S/C11H15ClO5S/c1-15-6-9-10(16-2)5-4-8(11(9)17-3)7-18(12,13)14/h4-5H,6-7H2,1-3H3. The van der Waals surface area contributed by atoms with Gasteiger partial charge in [0, 0.05) is 23.4 Å². The number of hydrogen-bond acceptors (Lipinski definition) is 5. The third-order valence-corrected chi connectivity index (χ3v) is 3.32. The highest BCUT2D eigenvalue weighted by Crippen LogP contribution is 2.34. The zero-order valence-corrected chi connectivity index (χ0v) is 12.0. The van der Waals surface area contributed by atoms with E-state index in [9.17, 15) is 8.42 Å². The second-order valence-electron chi connectivity index (χ2n) is 3.55. The highest BCUT2D eigenvalue weighted by molar-refractivity contribution is 8.13. The van der Waals surface area contributed by atoms with Crippen LogP contribution in [0.25, 0.3) is 0 Å². The van der Waals surface area contributed by atoms with Gasteiger partial charge in [-0.05, 0) is 6.07 Å². The van der Waals surface area contributed by atoms with Crippen LogP contribution in [0.1, 0.15) is 11.1 Å². The summed E-state index contributed by atoms with van der Waals surface area (Å²) in [5.41, 5.74) is 1.13. The lowest BCUT2D eigenvalue weighted by atomic mass is 10.1. The van der Waals surface area contributed by atoms with Crippen molar-refractivity contribution < 1.29 is 22.6 Å². The Bertz CT molecular complexity index is 512. The third-order valence-electron chi connectivity index (χ3n) is 2.34. The van der Waals surface area contributed by atoms with Crippen LogP contribution < -0.4 is 9.47 Å². The van der Waals surface area contributed by atoms with Gasteiger partial charge in [0.1, 0.15) is 11.5 Å². The lowest BCUT2D eigenvalue weighted by molar-refractivity contribution is 0.178. The van der Waals surface area contributed by atoms with Gasteiger partial charge >= 0.3 is 0 Å². The Morgan fingerprint density at radius 2 is 1.83 bits per heavy atom. The summed E-state index contributed by atoms with van der Waals surface area (Å²) >= 11 is 0. The molecule has 0 aliphatic carbocycles. The molecule has 0 amide bonds. The first kappa shape index (κ1) is 15.1. The monoisotopic (exact) mass is 294 g/mol. The smallest absolute Gasteiger partial charge is 0.236 e. The van der Waals surface area contributed by atoms with E-state index in [4.69, 9.17) is 24.9 Å². The first-order chi connectivity index (χ1) is 8.42. The minimum absolute atomic E-state index is 0.252. The van der Waals surface area contributed by atoms with Gasteiger partial charge < -0.3 is 14.2 Å². The van der Waals surface area contributed by atoms with Crippen LogP contribution in [0.2, 0.25) is 0 Å². The lowest BCUT2D eigenvalue weighted by Gasteiger charge is -2.15. The minimum atomic E-state index is -3.65. The van der Waals surface area contributed by atoms with Gasteiger partial charge in [0.05, 0.1) is 32.1 Å². The van der Waals surface area contributed by atoms with Gasteiger partial charge in [0.2, 0.25) is 9.05 Å². The van der Waals surface area contributed by atoms with Crippen molar-refractivity contribution in [2.75, 3.05) is 21.3 Å². The third kappa shape index (κ3) is 3.76. The van der Waals surface area contributed by atoms with Gasteiger partial charge in [-0.15, -0.1) is 0 Å². The van der Waals surface area contributed by atoms with Crippen LogP contribution in [0.3, 0.4) is 0 Å². The van der Waals surface area contributed by atoms with Crippen LogP contribution in [0.15, 0.2) is 12.1 Å². The molecule has 0 spiro atoms. The first-order valence-electron chi connectivity index (χ1n) is 5.07. The van der Waals surface area contributed by atoms with Gasteiger partial charge in [-0.2, -0.15) is 0 Å². The quantitative estimate of drug-likeness (QED) is 0.750. The number of methoxy groups -OCH3 is 3. The van der Waals surface area contributed by atoms with E-state index in [0.717, 1.165) is 0 Å². The molecule has 102 valence electrons. The molecule has 0 N–H and O–H groups in total. The predicted molar refractivity (Wildman–Crippen MR) is 68.7 cm³/mol. The van der Waals surface area contributed by atoms with E-state index in [0.29, 0.717) is 22.6 Å². The summed E-state index contributed by atoms with van der Waals surface area (Å²) in [4.78, 5) is 0. The zero-order valence-electron chi connectivity index (χ0n) is 10.4. The van der Waals surface area contributed by atoms with Gasteiger partial charge in [0.15, 0.2) is 0 Å². The van der Waals surface area contributed by atoms with Crippen LogP contribution in [-0.2, 0) is 26.1 Å². The van der Waals surface area contributed by atoms with Crippen molar-refractivity contribution in [3.63, 3.8) is 0 Å². The Morgan fingerprint density at radius 3 is 2.28 bits per heavy atom. The number of benzene rings is 1. The zero-order chi connectivity index (χ0) is 13.8. The lowest BCUT2D eigenvalue weighted by Crippen LogP contribution is -2.04. The largest absolute Gasteiger partial charge is 0.496 e. The highest BCUT2D eigenvalue weighted by atomic mass is 35.7. The topological polar surface area (TPSA) is 61.8 Å². The fourth-order valence-corrected chi connectivity index (χ4v) is 2.64. The SMILES string of the molecule is COCc1c(OC)ccc(CS(=O)(=O)Cl)c1OC. The normalized spacial score (nSPS) is 11.3. The summed E-state index contributed by atoms with van der Waals surface area (Å²) in [7, 11) is 6.11. The fourth-order valence-electron chi connectivity index (χ4n) is 1.68. The molecule has 7 heteroatoms. The molecular weight excluding hydrogens is 280 g/mol. The molecule has 0 saturated carbocycles. The Hall–Kier alpha value is -0.980. The molecule has 0 heterocycles. The average Bonchev–Trinajstić information content (AvgIpc) is 2.28. The molecule has 5 nitrogen and oxygen atoms in total. The summed E-state index contributed by atoms with van der Waals surface area (Å²) in [6.07, 6.45) is 0. The molecule has 0 fully saturated rings. The van der Waals surface area contributed by atoms with Gasteiger partial charge in [0.25, 0.3) is 0 Å². The van der Waals surface area contributed by atoms with Crippen LogP contribution in [0.4, 0.5) is 0 Å². The molecule has 0 atom stereocenters. The van der Waals surface area contributed by atoms with E-state index in [1.807, 2.05) is 0 Å². The van der Waals surface area contributed by atoms with E-state index in [-0.39, 0.29) is 12.4 Å². The summed E-state index contributed by atoms with van der Waals surface area (Å²) in [5, 5.41) is 0. The van der Waals surface area contributed by atoms with Crippen molar-refractivity contribution >= 4 is 19.7 Å². The van der Waals surface area contributed by atoms with Gasteiger partial charge in [-0.25, -0.2) is 8.42 Å². The molecular formula is C11H15ClO5S. The first-order valence-corrected chi connectivity index (χ1v) is 7.54. The Labute approximate surface area is 111 Å². The van der Waals surface area contributed by atoms with E-state index < -0.39 is 9.05 Å². The molecule has 0 radical (unpaired) electrons. The summed E-state index contributed by atoms with van der Waals surface area (Å²) in [5.74, 6) is 0.683. The van der Waals surface area contributed by atoms with Crippen molar-refractivity contribution in [2.45, 2.75) is 12.4 Å². The van der Waals surface area contributed by atoms with E-state index in [1.165, 1.54) is 21.3 Å². The van der Waals surface area contributed by atoms with Crippen molar-refractivity contribution in [1.29, 1.82) is 0 Å². The van der Waals surface area contributed by atoms with Crippen molar-refractivity contribution in [2.24, 2.45) is 0 Å². The molecule has 0 saturated heterocycles. The Balaban J connectivity index is 3.32. The second-order valence-corrected chi connectivity index (χ2v) is 6.33. The van der Waals surface area contributed by atoms with E-state index >= 15 is 0 Å². The number of ether oxygens (including phenoxy) is 3. The molecule has 1 aromatic rings. The van der Waals surface area contributed by atoms with Crippen molar-refractivity contribution in [3.05, 3.63) is 23.3 Å². The summed E-state index contributed by atoms with van der Waals surface area (Å²) in [6, 6.07) is 3.27. The molecule has 0 aliphatic heterocycles. The Morgan fingerprint density at radius 1 is 1.17 bits per heavy atom. The van der Waals surface area contributed by atoms with Gasteiger partial charge in [-0.1, -0.05) is 6.07 Å². The maximum absolute atomic E-state index is 11.1. The molecule has 0 aliphatic rings. The molecule has 18 heavy (non-hydrogen) atoms. The maximum atomic E-state index is 11.1. The minimum Gasteiger partial charge on any atom is -0.496 e. The van der Waals surface area contributed by atoms with Crippen LogP contribution in [0, 0.1) is 0 Å². The van der Waals surface area contributed by atoms with Crippen molar-refractivity contribution in [3.8, 4) is 11.5 Å². The molecule has 0 unspecified atom stereocenters.